The van der Waals surface area contributed by atoms with E-state index in [1.807, 2.05) is 7.05 Å². The molecule has 2 nitrogen and oxygen atoms in total. The van der Waals surface area contributed by atoms with Crippen molar-refractivity contribution in [2.24, 2.45) is 5.41 Å². The van der Waals surface area contributed by atoms with Crippen molar-refractivity contribution >= 4 is 5.91 Å². The number of rotatable bonds is 7. The summed E-state index contributed by atoms with van der Waals surface area (Å²) in [7, 11) is 1.83. The molecule has 0 spiro atoms. The second-order valence-electron chi connectivity index (χ2n) is 4.98. The molecule has 0 aliphatic rings. The average molecular weight is 211 g/mol. The van der Waals surface area contributed by atoms with Crippen LogP contribution in [-0.2, 0) is 4.79 Å². The fourth-order valence-corrected chi connectivity index (χ4v) is 1.52. The van der Waals surface area contributed by atoms with E-state index in [2.05, 4.69) is 27.4 Å². The van der Waals surface area contributed by atoms with E-state index in [0.717, 1.165) is 13.0 Å². The molecule has 0 radical (unpaired) electrons. The molecule has 0 bridgehead atoms. The van der Waals surface area contributed by atoms with Gasteiger partial charge in [0, 0.05) is 13.6 Å². The van der Waals surface area contributed by atoms with E-state index >= 15 is 0 Å². The molecule has 0 aliphatic carbocycles. The van der Waals surface area contributed by atoms with Crippen molar-refractivity contribution in [2.45, 2.75) is 46.5 Å². The predicted octanol–water partition coefficient (Wildman–Crippen LogP) is 3.24. The zero-order valence-electron chi connectivity index (χ0n) is 10.7. The highest BCUT2D eigenvalue weighted by Crippen LogP contribution is 2.27. The number of unbranched alkanes of at least 4 members (excludes halogenated alkanes) is 1. The summed E-state index contributed by atoms with van der Waals surface area (Å²) < 4.78 is 0. The van der Waals surface area contributed by atoms with E-state index in [4.69, 9.17) is 0 Å². The minimum absolute atomic E-state index is 0.0151. The number of carbonyl (C=O) groups is 1. The summed E-state index contributed by atoms with van der Waals surface area (Å²) >= 11 is 0. The second-order valence-corrected chi connectivity index (χ2v) is 4.98. The maximum absolute atomic E-state index is 11.3. The first-order chi connectivity index (χ1) is 6.93. The summed E-state index contributed by atoms with van der Waals surface area (Å²) in [5, 5.41) is 0. The van der Waals surface area contributed by atoms with E-state index in [0.29, 0.717) is 5.41 Å². The third-order valence-corrected chi connectivity index (χ3v) is 2.88. The minimum Gasteiger partial charge on any atom is -0.342 e. The molecule has 1 amide bonds. The number of hydrogen-bond donors (Lipinski definition) is 0. The van der Waals surface area contributed by atoms with Gasteiger partial charge in [-0.2, -0.15) is 0 Å². The number of likely N-dealkylation sites (N-methyl/N-ethyl adjacent to an activating group) is 1. The maximum Gasteiger partial charge on any atom is 0.245 e. The van der Waals surface area contributed by atoms with Crippen LogP contribution >= 0.6 is 0 Å². The van der Waals surface area contributed by atoms with Crippen LogP contribution in [0.5, 0.6) is 0 Å². The minimum atomic E-state index is 0.0151. The summed E-state index contributed by atoms with van der Waals surface area (Å²) in [6, 6.07) is 0. The Bertz CT molecular complexity index is 209. The van der Waals surface area contributed by atoms with Crippen LogP contribution in [0.3, 0.4) is 0 Å². The molecule has 0 rings (SSSR count). The molecule has 0 aromatic heterocycles. The normalized spacial score (nSPS) is 11.2. The van der Waals surface area contributed by atoms with Crippen LogP contribution in [0.4, 0.5) is 0 Å². The summed E-state index contributed by atoms with van der Waals surface area (Å²) in [4.78, 5) is 13.0. The van der Waals surface area contributed by atoms with E-state index < -0.39 is 0 Å². The van der Waals surface area contributed by atoms with Crippen molar-refractivity contribution in [2.75, 3.05) is 13.6 Å². The van der Waals surface area contributed by atoms with Crippen LogP contribution in [-0.4, -0.2) is 24.4 Å². The van der Waals surface area contributed by atoms with Gasteiger partial charge < -0.3 is 4.90 Å². The van der Waals surface area contributed by atoms with Gasteiger partial charge in [-0.15, -0.1) is 0 Å². The Morgan fingerprint density at radius 1 is 1.40 bits per heavy atom. The molecular formula is C13H25NO. The molecule has 0 saturated heterocycles. The van der Waals surface area contributed by atoms with E-state index in [1.165, 1.54) is 25.3 Å². The lowest BCUT2D eigenvalue weighted by Crippen LogP contribution is -2.29. The van der Waals surface area contributed by atoms with Gasteiger partial charge in [0.2, 0.25) is 5.91 Å². The van der Waals surface area contributed by atoms with Gasteiger partial charge in [0.1, 0.15) is 0 Å². The van der Waals surface area contributed by atoms with Crippen LogP contribution in [0.1, 0.15) is 46.5 Å². The Morgan fingerprint density at radius 3 is 2.47 bits per heavy atom. The molecule has 0 unspecified atom stereocenters. The molecular weight excluding hydrogens is 186 g/mol. The molecule has 0 heterocycles. The molecule has 0 fully saturated rings. The highest BCUT2D eigenvalue weighted by Gasteiger charge is 2.18. The molecule has 2 heteroatoms. The first kappa shape index (κ1) is 14.2. The lowest BCUT2D eigenvalue weighted by atomic mass is 9.84. The maximum atomic E-state index is 11.3. The molecule has 88 valence electrons. The smallest absolute Gasteiger partial charge is 0.245 e. The topological polar surface area (TPSA) is 20.3 Å². The SMILES string of the molecule is C=CC(=O)N(C)CCC(C)(C)CCCC. The Labute approximate surface area is 94.4 Å². The zero-order valence-corrected chi connectivity index (χ0v) is 10.7. The number of nitrogens with zero attached hydrogens (tertiary/aromatic N) is 1. The van der Waals surface area contributed by atoms with Crippen molar-refractivity contribution in [3.63, 3.8) is 0 Å². The fourth-order valence-electron chi connectivity index (χ4n) is 1.52. The summed E-state index contributed by atoms with van der Waals surface area (Å²) in [6.07, 6.45) is 6.18. The second kappa shape index (κ2) is 6.65. The van der Waals surface area contributed by atoms with E-state index in [9.17, 15) is 4.79 Å². The average Bonchev–Trinajstić information content (AvgIpc) is 2.22. The fraction of sp³-hybridized carbons (Fsp3) is 0.769. The molecule has 0 saturated carbocycles. The predicted molar refractivity (Wildman–Crippen MR) is 65.8 cm³/mol. The first-order valence-electron chi connectivity index (χ1n) is 5.80. The van der Waals surface area contributed by atoms with Gasteiger partial charge in [-0.05, 0) is 24.3 Å². The number of hydrogen-bond acceptors (Lipinski definition) is 1. The summed E-state index contributed by atoms with van der Waals surface area (Å²) in [5.74, 6) is 0.0151. The Kier molecular flexibility index (Phi) is 6.30. The van der Waals surface area contributed by atoms with Crippen LogP contribution in [0.15, 0.2) is 12.7 Å². The largest absolute Gasteiger partial charge is 0.342 e. The quantitative estimate of drug-likeness (QED) is 0.592. The van der Waals surface area contributed by atoms with Crippen LogP contribution in [0.2, 0.25) is 0 Å². The van der Waals surface area contributed by atoms with E-state index in [-0.39, 0.29) is 5.91 Å². The van der Waals surface area contributed by atoms with Crippen molar-refractivity contribution in [3.8, 4) is 0 Å². The van der Waals surface area contributed by atoms with Gasteiger partial charge in [-0.1, -0.05) is 40.2 Å². The van der Waals surface area contributed by atoms with Crippen LogP contribution in [0, 0.1) is 5.41 Å². The van der Waals surface area contributed by atoms with Crippen molar-refractivity contribution < 1.29 is 4.79 Å². The molecule has 0 aromatic rings. The first-order valence-corrected chi connectivity index (χ1v) is 5.80. The van der Waals surface area contributed by atoms with Gasteiger partial charge in [-0.3, -0.25) is 4.79 Å². The van der Waals surface area contributed by atoms with Gasteiger partial charge in [-0.25, -0.2) is 0 Å². The highest BCUT2D eigenvalue weighted by atomic mass is 16.2. The van der Waals surface area contributed by atoms with Crippen LogP contribution in [0.25, 0.3) is 0 Å². The molecule has 0 N–H and O–H groups in total. The summed E-state index contributed by atoms with van der Waals surface area (Å²) in [5.41, 5.74) is 0.339. The third-order valence-electron chi connectivity index (χ3n) is 2.88. The lowest BCUT2D eigenvalue weighted by Gasteiger charge is -2.27. The van der Waals surface area contributed by atoms with E-state index in [1.54, 1.807) is 4.90 Å². The number of carbonyl (C=O) groups excluding carboxylic acids is 1. The van der Waals surface area contributed by atoms with Crippen molar-refractivity contribution in [1.29, 1.82) is 0 Å². The van der Waals surface area contributed by atoms with Crippen LogP contribution < -0.4 is 0 Å². The lowest BCUT2D eigenvalue weighted by molar-refractivity contribution is -0.125. The third kappa shape index (κ3) is 6.32. The Hall–Kier alpha value is -0.790. The van der Waals surface area contributed by atoms with Crippen molar-refractivity contribution in [3.05, 3.63) is 12.7 Å². The Morgan fingerprint density at radius 2 is 2.00 bits per heavy atom. The number of amides is 1. The highest BCUT2D eigenvalue weighted by molar-refractivity contribution is 5.86. The van der Waals surface area contributed by atoms with Gasteiger partial charge in [0.25, 0.3) is 0 Å². The molecule has 0 aromatic carbocycles. The van der Waals surface area contributed by atoms with Gasteiger partial charge in [0.15, 0.2) is 0 Å². The monoisotopic (exact) mass is 211 g/mol. The Balaban J connectivity index is 3.91. The van der Waals surface area contributed by atoms with Gasteiger partial charge in [0.05, 0.1) is 0 Å². The molecule has 0 atom stereocenters. The molecule has 0 aliphatic heterocycles. The van der Waals surface area contributed by atoms with Gasteiger partial charge >= 0.3 is 0 Å². The zero-order chi connectivity index (χ0) is 11.9. The molecule has 15 heavy (non-hydrogen) atoms. The standard InChI is InChI=1S/C13H25NO/c1-6-8-9-13(3,4)10-11-14(5)12(15)7-2/h7H,2,6,8-11H2,1,3-5H3. The summed E-state index contributed by atoms with van der Waals surface area (Å²) in [6.45, 7) is 11.1. The van der Waals surface area contributed by atoms with Crippen molar-refractivity contribution in [1.82, 2.24) is 4.90 Å².